The molecular weight excluding hydrogens is 212 g/mol. The van der Waals surface area contributed by atoms with Crippen molar-refractivity contribution in [1.82, 2.24) is 4.90 Å². The van der Waals surface area contributed by atoms with Crippen LogP contribution in [0.4, 0.5) is 0 Å². The van der Waals surface area contributed by atoms with Crippen LogP contribution in [0.3, 0.4) is 0 Å². The molecule has 0 spiro atoms. The molecule has 0 aliphatic carbocycles. The van der Waals surface area contributed by atoms with Crippen molar-refractivity contribution in [2.75, 3.05) is 13.1 Å². The quantitative estimate of drug-likeness (QED) is 0.802. The van der Waals surface area contributed by atoms with Gasteiger partial charge < -0.3 is 10.6 Å². The first-order valence-electron chi connectivity index (χ1n) is 7.06. The lowest BCUT2D eigenvalue weighted by Gasteiger charge is -2.41. The summed E-state index contributed by atoms with van der Waals surface area (Å²) in [4.78, 5) is 14.0. The Balaban J connectivity index is 2.38. The second-order valence-corrected chi connectivity index (χ2v) is 5.60. The van der Waals surface area contributed by atoms with Crippen LogP contribution in [0, 0.1) is 5.41 Å². The van der Waals surface area contributed by atoms with Gasteiger partial charge in [-0.25, -0.2) is 0 Å². The van der Waals surface area contributed by atoms with Gasteiger partial charge in [0.25, 0.3) is 0 Å². The van der Waals surface area contributed by atoms with Crippen LogP contribution in [-0.4, -0.2) is 29.9 Å². The first kappa shape index (κ1) is 14.5. The minimum absolute atomic E-state index is 0.133. The van der Waals surface area contributed by atoms with E-state index in [0.29, 0.717) is 17.7 Å². The van der Waals surface area contributed by atoms with Crippen molar-refractivity contribution < 1.29 is 4.79 Å². The van der Waals surface area contributed by atoms with Gasteiger partial charge in [-0.15, -0.1) is 0 Å². The van der Waals surface area contributed by atoms with Crippen molar-refractivity contribution >= 4 is 5.91 Å². The molecule has 1 rings (SSSR count). The van der Waals surface area contributed by atoms with Crippen molar-refractivity contribution in [1.29, 1.82) is 0 Å². The van der Waals surface area contributed by atoms with Gasteiger partial charge in [0, 0.05) is 25.6 Å². The van der Waals surface area contributed by atoms with Crippen LogP contribution in [0.2, 0.25) is 0 Å². The maximum Gasteiger partial charge on any atom is 0.222 e. The Kier molecular flexibility index (Phi) is 5.44. The van der Waals surface area contributed by atoms with Gasteiger partial charge in [0.2, 0.25) is 5.91 Å². The molecule has 3 nitrogen and oxygen atoms in total. The van der Waals surface area contributed by atoms with Gasteiger partial charge in [-0.05, 0) is 31.6 Å². The average molecular weight is 240 g/mol. The van der Waals surface area contributed by atoms with E-state index in [-0.39, 0.29) is 6.04 Å². The number of carbonyl (C=O) groups is 1. The average Bonchev–Trinajstić information content (AvgIpc) is 2.36. The minimum Gasteiger partial charge on any atom is -0.343 e. The van der Waals surface area contributed by atoms with Crippen molar-refractivity contribution in [3.05, 3.63) is 0 Å². The summed E-state index contributed by atoms with van der Waals surface area (Å²) in [6.45, 7) is 8.40. The van der Waals surface area contributed by atoms with Gasteiger partial charge in [-0.3, -0.25) is 4.79 Å². The minimum atomic E-state index is 0.133. The van der Waals surface area contributed by atoms with Gasteiger partial charge in [-0.2, -0.15) is 0 Å². The predicted molar refractivity (Wildman–Crippen MR) is 71.7 cm³/mol. The molecule has 100 valence electrons. The van der Waals surface area contributed by atoms with E-state index >= 15 is 0 Å². The second kappa shape index (κ2) is 6.39. The van der Waals surface area contributed by atoms with Gasteiger partial charge in [0.15, 0.2) is 0 Å². The second-order valence-electron chi connectivity index (χ2n) is 5.60. The lowest BCUT2D eigenvalue weighted by molar-refractivity contribution is -0.133. The maximum absolute atomic E-state index is 12.0. The van der Waals surface area contributed by atoms with Crippen LogP contribution in [0.1, 0.15) is 59.3 Å². The Labute approximate surface area is 106 Å². The van der Waals surface area contributed by atoms with E-state index in [1.807, 2.05) is 11.8 Å². The van der Waals surface area contributed by atoms with Crippen LogP contribution >= 0.6 is 0 Å². The zero-order chi connectivity index (χ0) is 12.9. The number of nitrogens with zero attached hydrogens (tertiary/aromatic N) is 1. The SMILES string of the molecule is CCC1(CC)CCN(C(=O)CCC(C)N)CC1. The third-order valence-corrected chi connectivity index (χ3v) is 4.49. The van der Waals surface area contributed by atoms with E-state index < -0.39 is 0 Å². The summed E-state index contributed by atoms with van der Waals surface area (Å²) in [6.07, 6.45) is 6.25. The zero-order valence-corrected chi connectivity index (χ0v) is 11.7. The molecule has 0 radical (unpaired) electrons. The van der Waals surface area contributed by atoms with E-state index in [9.17, 15) is 4.79 Å². The number of hydrogen-bond donors (Lipinski definition) is 1. The van der Waals surface area contributed by atoms with Gasteiger partial charge >= 0.3 is 0 Å². The fourth-order valence-corrected chi connectivity index (χ4v) is 2.70. The first-order valence-corrected chi connectivity index (χ1v) is 7.06. The fourth-order valence-electron chi connectivity index (χ4n) is 2.70. The van der Waals surface area contributed by atoms with Crippen molar-refractivity contribution in [2.45, 2.75) is 65.3 Å². The third-order valence-electron chi connectivity index (χ3n) is 4.49. The number of amides is 1. The summed E-state index contributed by atoms with van der Waals surface area (Å²) in [5.74, 6) is 0.295. The number of nitrogens with two attached hydrogens (primary N) is 1. The molecule has 1 heterocycles. The molecule has 0 bridgehead atoms. The Morgan fingerprint density at radius 2 is 1.82 bits per heavy atom. The summed E-state index contributed by atoms with van der Waals surface area (Å²) < 4.78 is 0. The molecule has 1 aliphatic heterocycles. The predicted octanol–water partition coefficient (Wildman–Crippen LogP) is 2.54. The largest absolute Gasteiger partial charge is 0.343 e. The van der Waals surface area contributed by atoms with Crippen LogP contribution in [0.5, 0.6) is 0 Å². The number of piperidine rings is 1. The van der Waals surface area contributed by atoms with Crippen LogP contribution in [0.25, 0.3) is 0 Å². The molecule has 1 fully saturated rings. The highest BCUT2D eigenvalue weighted by Crippen LogP contribution is 2.37. The summed E-state index contributed by atoms with van der Waals surface area (Å²) in [5, 5.41) is 0. The molecule has 1 unspecified atom stereocenters. The molecule has 2 N–H and O–H groups in total. The maximum atomic E-state index is 12.0. The Morgan fingerprint density at radius 3 is 2.24 bits per heavy atom. The smallest absolute Gasteiger partial charge is 0.222 e. The molecule has 0 saturated carbocycles. The van der Waals surface area contributed by atoms with E-state index in [0.717, 1.165) is 19.5 Å². The molecule has 3 heteroatoms. The number of hydrogen-bond acceptors (Lipinski definition) is 2. The van der Waals surface area contributed by atoms with Crippen molar-refractivity contribution in [2.24, 2.45) is 11.1 Å². The van der Waals surface area contributed by atoms with E-state index in [2.05, 4.69) is 13.8 Å². The molecule has 17 heavy (non-hydrogen) atoms. The van der Waals surface area contributed by atoms with Crippen LogP contribution in [0.15, 0.2) is 0 Å². The summed E-state index contributed by atoms with van der Waals surface area (Å²) in [7, 11) is 0. The summed E-state index contributed by atoms with van der Waals surface area (Å²) in [6, 6.07) is 0.133. The Hall–Kier alpha value is -0.570. The number of likely N-dealkylation sites (tertiary alicyclic amines) is 1. The topological polar surface area (TPSA) is 46.3 Å². The van der Waals surface area contributed by atoms with Gasteiger partial charge in [0.05, 0.1) is 0 Å². The molecule has 1 aliphatic rings. The summed E-state index contributed by atoms with van der Waals surface area (Å²) >= 11 is 0. The van der Waals surface area contributed by atoms with Gasteiger partial charge in [0.1, 0.15) is 0 Å². The van der Waals surface area contributed by atoms with E-state index in [1.54, 1.807) is 0 Å². The van der Waals surface area contributed by atoms with Crippen molar-refractivity contribution in [3.63, 3.8) is 0 Å². The normalized spacial score (nSPS) is 21.3. The Bertz CT molecular complexity index is 237. The molecule has 0 aromatic rings. The highest BCUT2D eigenvalue weighted by atomic mass is 16.2. The lowest BCUT2D eigenvalue weighted by atomic mass is 9.74. The molecular formula is C14H28N2O. The molecule has 1 atom stereocenters. The van der Waals surface area contributed by atoms with E-state index in [1.165, 1.54) is 25.7 Å². The third kappa shape index (κ3) is 3.98. The molecule has 0 aromatic carbocycles. The molecule has 0 aromatic heterocycles. The van der Waals surface area contributed by atoms with Crippen LogP contribution in [-0.2, 0) is 4.79 Å². The lowest BCUT2D eigenvalue weighted by Crippen LogP contribution is -2.43. The number of rotatable bonds is 5. The highest BCUT2D eigenvalue weighted by molar-refractivity contribution is 5.76. The fraction of sp³-hybridized carbons (Fsp3) is 0.929. The highest BCUT2D eigenvalue weighted by Gasteiger charge is 2.32. The van der Waals surface area contributed by atoms with Crippen LogP contribution < -0.4 is 5.73 Å². The Morgan fingerprint density at radius 1 is 1.29 bits per heavy atom. The zero-order valence-electron chi connectivity index (χ0n) is 11.7. The van der Waals surface area contributed by atoms with E-state index in [4.69, 9.17) is 5.73 Å². The van der Waals surface area contributed by atoms with Gasteiger partial charge in [-0.1, -0.05) is 26.7 Å². The standard InChI is InChI=1S/C14H28N2O/c1-4-14(5-2)8-10-16(11-9-14)13(17)7-6-12(3)15/h12H,4-11,15H2,1-3H3. The number of carbonyl (C=O) groups excluding carboxylic acids is 1. The van der Waals surface area contributed by atoms with Crippen molar-refractivity contribution in [3.8, 4) is 0 Å². The first-order chi connectivity index (χ1) is 8.03. The summed E-state index contributed by atoms with van der Waals surface area (Å²) in [5.41, 5.74) is 6.18. The molecule has 1 saturated heterocycles. The molecule has 1 amide bonds. The monoisotopic (exact) mass is 240 g/mol.